The second-order valence-electron chi connectivity index (χ2n) is 8.55. The first-order valence-electron chi connectivity index (χ1n) is 12.1. The van der Waals surface area contributed by atoms with E-state index >= 15 is 4.39 Å². The molecule has 1 aliphatic heterocycles. The minimum atomic E-state index is -1.31. The second-order valence-corrected chi connectivity index (χ2v) is 9.32. The van der Waals surface area contributed by atoms with Crippen molar-refractivity contribution in [3.05, 3.63) is 70.5 Å². The number of carbonyl (C=O) groups is 3. The molecule has 38 heavy (non-hydrogen) atoms. The van der Waals surface area contributed by atoms with E-state index in [-0.39, 0.29) is 34.6 Å². The number of carbonyl (C=O) groups excluding carboxylic acids is 3. The largest absolute Gasteiger partial charge is 0.494 e. The Balaban J connectivity index is 1.81. The van der Waals surface area contributed by atoms with E-state index in [2.05, 4.69) is 9.69 Å². The standard InChI is InChI=1S/C26H28FN5O5S/c1-2-36-16-11-9-15(10-12-16)22(25(34)30-14-17-6-5-13-37-17)32(19-8-4-3-7-18(19)27)26(35)23-20(28)21(24(29)33)31-38-23/h3-4,7-12,17,22H,2,5-6,13-14,28H2,1H3,(H2,29,33)(H,30,34)/t17-,22+/m1/s1. The molecular weight excluding hydrogens is 513 g/mol. The van der Waals surface area contributed by atoms with Crippen LogP contribution in [0, 0.1) is 5.82 Å². The van der Waals surface area contributed by atoms with Gasteiger partial charge >= 0.3 is 0 Å². The van der Waals surface area contributed by atoms with Gasteiger partial charge in [-0.1, -0.05) is 24.3 Å². The molecule has 4 rings (SSSR count). The number of nitrogens with one attached hydrogen (secondary N) is 1. The third kappa shape index (κ3) is 5.76. The zero-order chi connectivity index (χ0) is 27.2. The maximum atomic E-state index is 15.2. The van der Waals surface area contributed by atoms with Crippen molar-refractivity contribution in [3.8, 4) is 5.75 Å². The summed E-state index contributed by atoms with van der Waals surface area (Å²) in [5.74, 6) is -2.45. The van der Waals surface area contributed by atoms with Gasteiger partial charge in [0.1, 0.15) is 22.5 Å². The highest BCUT2D eigenvalue weighted by molar-refractivity contribution is 7.09. The number of nitrogens with two attached hydrogens (primary N) is 2. The number of halogens is 1. The molecule has 2 heterocycles. The van der Waals surface area contributed by atoms with Crippen LogP contribution in [-0.2, 0) is 9.53 Å². The molecule has 2 atom stereocenters. The van der Waals surface area contributed by atoms with E-state index in [1.54, 1.807) is 30.3 Å². The summed E-state index contributed by atoms with van der Waals surface area (Å²) in [5.41, 5.74) is 11.1. The first-order valence-corrected chi connectivity index (χ1v) is 12.8. The molecule has 12 heteroatoms. The maximum absolute atomic E-state index is 15.2. The summed E-state index contributed by atoms with van der Waals surface area (Å²) in [6.07, 6.45) is 1.51. The summed E-state index contributed by atoms with van der Waals surface area (Å²) in [6.45, 7) is 3.11. The molecule has 10 nitrogen and oxygen atoms in total. The molecule has 200 valence electrons. The van der Waals surface area contributed by atoms with E-state index < -0.39 is 29.6 Å². The summed E-state index contributed by atoms with van der Waals surface area (Å²) in [6, 6.07) is 10.9. The molecule has 1 saturated heterocycles. The summed E-state index contributed by atoms with van der Waals surface area (Å²) < 4.78 is 30.2. The number of amides is 3. The SMILES string of the molecule is CCOc1ccc([C@@H](C(=O)NC[C@H]2CCCO2)N(C(=O)c2snc(C(N)=O)c2N)c2ccccc2F)cc1. The number of primary amides is 1. The normalized spacial score (nSPS) is 15.6. The first-order chi connectivity index (χ1) is 18.3. The Labute approximate surface area is 222 Å². The summed E-state index contributed by atoms with van der Waals surface area (Å²) >= 11 is 0.647. The topological polar surface area (TPSA) is 150 Å². The van der Waals surface area contributed by atoms with Crippen LogP contribution in [0.1, 0.15) is 51.5 Å². The lowest BCUT2D eigenvalue weighted by Crippen LogP contribution is -2.46. The van der Waals surface area contributed by atoms with Crippen LogP contribution < -0.4 is 26.4 Å². The third-order valence-corrected chi connectivity index (χ3v) is 6.88. The monoisotopic (exact) mass is 541 g/mol. The van der Waals surface area contributed by atoms with Crippen molar-refractivity contribution in [2.75, 3.05) is 30.4 Å². The molecule has 0 bridgehead atoms. The highest BCUT2D eigenvalue weighted by Gasteiger charge is 2.37. The number of hydrogen-bond acceptors (Lipinski definition) is 8. The maximum Gasteiger partial charge on any atom is 0.273 e. The van der Waals surface area contributed by atoms with E-state index in [9.17, 15) is 14.4 Å². The Morgan fingerprint density at radius 1 is 1.24 bits per heavy atom. The van der Waals surface area contributed by atoms with Gasteiger partial charge in [-0.3, -0.25) is 19.3 Å². The van der Waals surface area contributed by atoms with Gasteiger partial charge in [0.2, 0.25) is 5.91 Å². The van der Waals surface area contributed by atoms with Crippen LogP contribution in [0.25, 0.3) is 0 Å². The van der Waals surface area contributed by atoms with Gasteiger partial charge in [0.15, 0.2) is 5.69 Å². The molecule has 1 aromatic heterocycles. The van der Waals surface area contributed by atoms with Crippen LogP contribution in [0.2, 0.25) is 0 Å². The molecule has 0 spiro atoms. The predicted octanol–water partition coefficient (Wildman–Crippen LogP) is 3.05. The van der Waals surface area contributed by atoms with E-state index in [4.69, 9.17) is 20.9 Å². The summed E-state index contributed by atoms with van der Waals surface area (Å²) in [5, 5.41) is 2.85. The zero-order valence-electron chi connectivity index (χ0n) is 20.7. The molecule has 1 aliphatic rings. The number of anilines is 2. The number of benzene rings is 2. The van der Waals surface area contributed by atoms with Crippen LogP contribution in [0.5, 0.6) is 5.75 Å². The fourth-order valence-corrected chi connectivity index (χ4v) is 4.94. The predicted molar refractivity (Wildman–Crippen MR) is 141 cm³/mol. The lowest BCUT2D eigenvalue weighted by Gasteiger charge is -2.31. The van der Waals surface area contributed by atoms with Crippen molar-refractivity contribution in [2.45, 2.75) is 31.9 Å². The van der Waals surface area contributed by atoms with Crippen molar-refractivity contribution in [2.24, 2.45) is 5.73 Å². The molecule has 0 aliphatic carbocycles. The Morgan fingerprint density at radius 2 is 1.97 bits per heavy atom. The van der Waals surface area contributed by atoms with Crippen molar-refractivity contribution in [1.82, 2.24) is 9.69 Å². The van der Waals surface area contributed by atoms with E-state index in [1.807, 2.05) is 6.92 Å². The number of para-hydroxylation sites is 1. The Hall–Kier alpha value is -4.03. The molecule has 3 amide bonds. The number of rotatable bonds is 10. The van der Waals surface area contributed by atoms with Crippen molar-refractivity contribution in [3.63, 3.8) is 0 Å². The van der Waals surface area contributed by atoms with Crippen molar-refractivity contribution in [1.29, 1.82) is 0 Å². The number of aromatic nitrogens is 1. The highest BCUT2D eigenvalue weighted by atomic mass is 32.1. The zero-order valence-corrected chi connectivity index (χ0v) is 21.5. The van der Waals surface area contributed by atoms with Gasteiger partial charge in [0, 0.05) is 13.2 Å². The highest BCUT2D eigenvalue weighted by Crippen LogP contribution is 2.35. The number of nitrogen functional groups attached to an aromatic ring is 1. The van der Waals surface area contributed by atoms with Gasteiger partial charge in [-0.2, -0.15) is 4.37 Å². The van der Waals surface area contributed by atoms with Gasteiger partial charge in [0.05, 0.1) is 24.1 Å². The number of ether oxygens (including phenoxy) is 2. The lowest BCUT2D eigenvalue weighted by molar-refractivity contribution is -0.123. The lowest BCUT2D eigenvalue weighted by atomic mass is 10.0. The van der Waals surface area contributed by atoms with Crippen molar-refractivity contribution >= 4 is 40.6 Å². The van der Waals surface area contributed by atoms with Crippen LogP contribution >= 0.6 is 11.5 Å². The quantitative estimate of drug-likeness (QED) is 0.357. The van der Waals surface area contributed by atoms with Gasteiger partial charge in [0.25, 0.3) is 11.8 Å². The van der Waals surface area contributed by atoms with Gasteiger partial charge in [-0.25, -0.2) is 4.39 Å². The first kappa shape index (κ1) is 27.0. The molecular formula is C26H28FN5O5S. The Kier molecular flexibility index (Phi) is 8.54. The molecule has 0 unspecified atom stereocenters. The number of nitrogens with zero attached hydrogens (tertiary/aromatic N) is 2. The fourth-order valence-electron chi connectivity index (χ4n) is 4.20. The van der Waals surface area contributed by atoms with Crippen LogP contribution in [0.15, 0.2) is 48.5 Å². The molecule has 0 saturated carbocycles. The molecule has 1 fully saturated rings. The fraction of sp³-hybridized carbons (Fsp3) is 0.308. The Morgan fingerprint density at radius 3 is 2.58 bits per heavy atom. The van der Waals surface area contributed by atoms with E-state index in [0.717, 1.165) is 17.7 Å². The van der Waals surface area contributed by atoms with Crippen LogP contribution in [-0.4, -0.2) is 48.0 Å². The molecule has 0 radical (unpaired) electrons. The van der Waals surface area contributed by atoms with Crippen LogP contribution in [0.4, 0.5) is 15.8 Å². The van der Waals surface area contributed by atoms with E-state index in [1.165, 1.54) is 18.2 Å². The number of hydrogen-bond donors (Lipinski definition) is 3. The van der Waals surface area contributed by atoms with Gasteiger partial charge in [-0.05, 0) is 61.1 Å². The minimum absolute atomic E-state index is 0.148. The average Bonchev–Trinajstić information content (AvgIpc) is 3.57. The van der Waals surface area contributed by atoms with Crippen LogP contribution in [0.3, 0.4) is 0 Å². The molecule has 2 aromatic carbocycles. The molecule has 3 aromatic rings. The summed E-state index contributed by atoms with van der Waals surface area (Å²) in [4.78, 5) is 40.3. The second kappa shape index (κ2) is 12.0. The smallest absolute Gasteiger partial charge is 0.273 e. The van der Waals surface area contributed by atoms with E-state index in [0.29, 0.717) is 36.1 Å². The average molecular weight is 542 g/mol. The Bertz CT molecular complexity index is 1310. The minimum Gasteiger partial charge on any atom is -0.494 e. The van der Waals surface area contributed by atoms with Gasteiger partial charge < -0.3 is 26.3 Å². The van der Waals surface area contributed by atoms with Crippen molar-refractivity contribution < 1.29 is 28.2 Å². The van der Waals surface area contributed by atoms with Gasteiger partial charge in [-0.15, -0.1) is 0 Å². The summed E-state index contributed by atoms with van der Waals surface area (Å²) in [7, 11) is 0. The third-order valence-electron chi connectivity index (χ3n) is 6.03. The molecule has 5 N–H and O–H groups in total.